The number of hydrogen-bond acceptors (Lipinski definition) is 3. The highest BCUT2D eigenvalue weighted by Gasteiger charge is 2.32. The third kappa shape index (κ3) is 2.82. The Kier molecular flexibility index (Phi) is 4.93. The van der Waals surface area contributed by atoms with Crippen LogP contribution < -0.4 is 0 Å². The number of methoxy groups -OCH3 is 1. The summed E-state index contributed by atoms with van der Waals surface area (Å²) in [4.78, 5) is 0. The van der Waals surface area contributed by atoms with E-state index in [1.165, 1.54) is 0 Å². The van der Waals surface area contributed by atoms with Crippen molar-refractivity contribution in [2.45, 2.75) is 24.9 Å². The van der Waals surface area contributed by atoms with Gasteiger partial charge in [0.1, 0.15) is 0 Å². The topological polar surface area (TPSA) is 49.7 Å². The first-order chi connectivity index (χ1) is 7.68. The summed E-state index contributed by atoms with van der Waals surface area (Å²) in [6.45, 7) is 1.77. The average Bonchev–Trinajstić information content (AvgIpc) is 2.37. The Morgan fingerprint density at radius 1 is 1.19 bits per heavy atom. The van der Waals surface area contributed by atoms with Crippen LogP contribution in [0, 0.1) is 0 Å². The summed E-state index contributed by atoms with van der Waals surface area (Å²) in [5.41, 5.74) is 0.334. The lowest BCUT2D eigenvalue weighted by atomic mass is 9.77. The number of ether oxygens (including phenoxy) is 1. The van der Waals surface area contributed by atoms with Crippen molar-refractivity contribution in [2.24, 2.45) is 0 Å². The van der Waals surface area contributed by atoms with E-state index in [4.69, 9.17) is 4.74 Å². The zero-order chi connectivity index (χ0) is 12.0. The van der Waals surface area contributed by atoms with E-state index in [9.17, 15) is 10.2 Å². The van der Waals surface area contributed by atoms with Crippen molar-refractivity contribution in [3.63, 3.8) is 0 Å². The van der Waals surface area contributed by atoms with Crippen molar-refractivity contribution >= 4 is 0 Å². The van der Waals surface area contributed by atoms with Crippen LogP contribution in [0.1, 0.15) is 18.9 Å². The summed E-state index contributed by atoms with van der Waals surface area (Å²) in [6, 6.07) is 9.59. The highest BCUT2D eigenvalue weighted by molar-refractivity contribution is 5.26. The highest BCUT2D eigenvalue weighted by atomic mass is 16.5. The van der Waals surface area contributed by atoms with Crippen molar-refractivity contribution in [1.82, 2.24) is 0 Å². The Labute approximate surface area is 96.7 Å². The predicted octanol–water partition coefficient (Wildman–Crippen LogP) is 1.33. The van der Waals surface area contributed by atoms with Crippen LogP contribution in [0.4, 0.5) is 0 Å². The molecule has 0 heterocycles. The lowest BCUT2D eigenvalue weighted by Crippen LogP contribution is -2.38. The second-order valence-corrected chi connectivity index (χ2v) is 4.21. The normalized spacial score (nSPS) is 13.8. The number of aliphatic hydroxyl groups excluding tert-OH is 2. The summed E-state index contributed by atoms with van der Waals surface area (Å²) < 4.78 is 5.21. The van der Waals surface area contributed by atoms with E-state index in [0.717, 1.165) is 5.56 Å². The average molecular weight is 224 g/mol. The molecule has 1 aromatic rings. The molecule has 1 rings (SSSR count). The molecule has 0 radical (unpaired) electrons. The first kappa shape index (κ1) is 13.2. The van der Waals surface area contributed by atoms with Crippen molar-refractivity contribution < 1.29 is 14.9 Å². The van der Waals surface area contributed by atoms with E-state index in [1.807, 2.05) is 37.3 Å². The SMILES string of the molecule is COC(C)CC(CO)(CO)c1ccccc1. The summed E-state index contributed by atoms with van der Waals surface area (Å²) in [5, 5.41) is 19.1. The van der Waals surface area contributed by atoms with Crippen LogP contribution in [-0.4, -0.2) is 36.6 Å². The first-order valence-electron chi connectivity index (χ1n) is 5.48. The Morgan fingerprint density at radius 2 is 1.75 bits per heavy atom. The molecule has 0 fully saturated rings. The van der Waals surface area contributed by atoms with E-state index < -0.39 is 5.41 Å². The minimum absolute atomic E-state index is 0.000457. The van der Waals surface area contributed by atoms with Crippen molar-refractivity contribution in [3.8, 4) is 0 Å². The van der Waals surface area contributed by atoms with Crippen LogP contribution >= 0.6 is 0 Å². The van der Waals surface area contributed by atoms with Crippen molar-refractivity contribution in [2.75, 3.05) is 20.3 Å². The summed E-state index contributed by atoms with van der Waals surface area (Å²) in [7, 11) is 1.63. The highest BCUT2D eigenvalue weighted by Crippen LogP contribution is 2.29. The molecule has 2 N–H and O–H groups in total. The van der Waals surface area contributed by atoms with E-state index in [0.29, 0.717) is 6.42 Å². The number of rotatable bonds is 6. The van der Waals surface area contributed by atoms with E-state index in [1.54, 1.807) is 7.11 Å². The fourth-order valence-electron chi connectivity index (χ4n) is 1.90. The van der Waals surface area contributed by atoms with Crippen LogP contribution in [0.5, 0.6) is 0 Å². The van der Waals surface area contributed by atoms with Gasteiger partial charge in [-0.15, -0.1) is 0 Å². The Bertz CT molecular complexity index is 293. The second-order valence-electron chi connectivity index (χ2n) is 4.21. The molecular weight excluding hydrogens is 204 g/mol. The monoisotopic (exact) mass is 224 g/mol. The summed E-state index contributed by atoms with van der Waals surface area (Å²) in [5.74, 6) is 0. The molecule has 0 saturated carbocycles. The Morgan fingerprint density at radius 3 is 2.19 bits per heavy atom. The summed E-state index contributed by atoms with van der Waals surface area (Å²) in [6.07, 6.45) is 0.597. The molecular formula is C13H20O3. The molecule has 0 amide bonds. The van der Waals surface area contributed by atoms with Crippen LogP contribution in [0.2, 0.25) is 0 Å². The third-order valence-corrected chi connectivity index (χ3v) is 3.07. The molecule has 0 aliphatic rings. The molecule has 16 heavy (non-hydrogen) atoms. The van der Waals surface area contributed by atoms with Gasteiger partial charge in [-0.2, -0.15) is 0 Å². The lowest BCUT2D eigenvalue weighted by Gasteiger charge is -2.32. The standard InChI is InChI=1S/C13H20O3/c1-11(16-2)8-13(9-14,10-15)12-6-4-3-5-7-12/h3-7,11,14-15H,8-10H2,1-2H3. The molecule has 0 bridgehead atoms. The number of benzene rings is 1. The van der Waals surface area contributed by atoms with Gasteiger partial charge in [0.15, 0.2) is 0 Å². The molecule has 0 aliphatic heterocycles. The number of aliphatic hydroxyl groups is 2. The minimum atomic E-state index is -0.614. The van der Waals surface area contributed by atoms with Gasteiger partial charge in [-0.05, 0) is 18.9 Å². The number of hydrogen-bond donors (Lipinski definition) is 2. The van der Waals surface area contributed by atoms with Gasteiger partial charge < -0.3 is 14.9 Å². The van der Waals surface area contributed by atoms with Crippen LogP contribution in [0.25, 0.3) is 0 Å². The van der Waals surface area contributed by atoms with Gasteiger partial charge in [-0.1, -0.05) is 30.3 Å². The van der Waals surface area contributed by atoms with Crippen molar-refractivity contribution in [3.05, 3.63) is 35.9 Å². The Balaban J connectivity index is 2.96. The fraction of sp³-hybridized carbons (Fsp3) is 0.538. The smallest absolute Gasteiger partial charge is 0.0553 e. The molecule has 1 unspecified atom stereocenters. The zero-order valence-electron chi connectivity index (χ0n) is 9.89. The van der Waals surface area contributed by atoms with Gasteiger partial charge in [0.05, 0.1) is 19.3 Å². The molecule has 1 aromatic carbocycles. The minimum Gasteiger partial charge on any atom is -0.395 e. The molecule has 90 valence electrons. The second kappa shape index (κ2) is 5.99. The molecule has 0 saturated heterocycles. The largest absolute Gasteiger partial charge is 0.395 e. The van der Waals surface area contributed by atoms with Crippen LogP contribution in [-0.2, 0) is 10.2 Å². The van der Waals surface area contributed by atoms with Gasteiger partial charge >= 0.3 is 0 Å². The van der Waals surface area contributed by atoms with E-state index >= 15 is 0 Å². The quantitative estimate of drug-likeness (QED) is 0.766. The van der Waals surface area contributed by atoms with E-state index in [2.05, 4.69) is 0 Å². The fourth-order valence-corrected chi connectivity index (χ4v) is 1.90. The summed E-state index contributed by atoms with van der Waals surface area (Å²) >= 11 is 0. The predicted molar refractivity (Wildman–Crippen MR) is 63.4 cm³/mol. The third-order valence-electron chi connectivity index (χ3n) is 3.07. The van der Waals surface area contributed by atoms with Gasteiger partial charge in [-0.3, -0.25) is 0 Å². The molecule has 0 spiro atoms. The molecule has 1 atom stereocenters. The van der Waals surface area contributed by atoms with Gasteiger partial charge in [0.2, 0.25) is 0 Å². The van der Waals surface area contributed by atoms with Crippen LogP contribution in [0.3, 0.4) is 0 Å². The molecule has 3 nitrogen and oxygen atoms in total. The maximum atomic E-state index is 9.56. The van der Waals surface area contributed by atoms with Gasteiger partial charge in [0, 0.05) is 12.5 Å². The maximum Gasteiger partial charge on any atom is 0.0553 e. The maximum absolute atomic E-state index is 9.56. The first-order valence-corrected chi connectivity index (χ1v) is 5.48. The zero-order valence-corrected chi connectivity index (χ0v) is 9.89. The van der Waals surface area contributed by atoms with Gasteiger partial charge in [-0.25, -0.2) is 0 Å². The van der Waals surface area contributed by atoms with E-state index in [-0.39, 0.29) is 19.3 Å². The van der Waals surface area contributed by atoms with Crippen LogP contribution in [0.15, 0.2) is 30.3 Å². The lowest BCUT2D eigenvalue weighted by molar-refractivity contribution is 0.0405. The molecule has 0 aliphatic carbocycles. The van der Waals surface area contributed by atoms with Crippen molar-refractivity contribution in [1.29, 1.82) is 0 Å². The molecule has 3 heteroatoms. The molecule has 0 aromatic heterocycles. The Hall–Kier alpha value is -0.900. The van der Waals surface area contributed by atoms with Gasteiger partial charge in [0.25, 0.3) is 0 Å².